The number of hydrogen-bond acceptors (Lipinski definition) is 2. The van der Waals surface area contributed by atoms with E-state index in [1.54, 1.807) is 18.2 Å². The van der Waals surface area contributed by atoms with Crippen LogP contribution in [0.1, 0.15) is 12.5 Å². The fourth-order valence-electron chi connectivity index (χ4n) is 2.34. The van der Waals surface area contributed by atoms with Crippen LogP contribution in [0, 0.1) is 5.82 Å². The molecule has 0 saturated heterocycles. The van der Waals surface area contributed by atoms with E-state index in [2.05, 4.69) is 4.99 Å². The molecule has 1 heterocycles. The molecule has 0 aliphatic heterocycles. The molecule has 3 rings (SSSR count). The molecule has 0 bridgehead atoms. The van der Waals surface area contributed by atoms with E-state index in [4.69, 9.17) is 11.6 Å². The Balaban J connectivity index is 1.97. The summed E-state index contributed by atoms with van der Waals surface area (Å²) in [4.78, 5) is 16.8. The van der Waals surface area contributed by atoms with Gasteiger partial charge in [0.05, 0.1) is 10.2 Å². The molecule has 0 spiro atoms. The first-order valence-corrected chi connectivity index (χ1v) is 8.58. The topological polar surface area (TPSA) is 34.4 Å². The van der Waals surface area contributed by atoms with E-state index >= 15 is 0 Å². The predicted octanol–water partition coefficient (Wildman–Crippen LogP) is 4.66. The third kappa shape index (κ3) is 3.47. The molecule has 3 nitrogen and oxygen atoms in total. The van der Waals surface area contributed by atoms with Crippen LogP contribution >= 0.6 is 22.9 Å². The highest BCUT2D eigenvalue weighted by molar-refractivity contribution is 7.16. The highest BCUT2D eigenvalue weighted by Gasteiger charge is 2.06. The summed E-state index contributed by atoms with van der Waals surface area (Å²) in [5.41, 5.74) is 1.62. The van der Waals surface area contributed by atoms with Crippen LogP contribution in [0.5, 0.6) is 0 Å². The van der Waals surface area contributed by atoms with Crippen molar-refractivity contribution in [3.05, 3.63) is 69.7 Å². The SMILES string of the molecule is CCn1c(=NC(=O)C=Cc2ccccc2Cl)sc2cc(F)ccc21. The van der Waals surface area contributed by atoms with Crippen LogP contribution in [-0.4, -0.2) is 10.5 Å². The Morgan fingerprint density at radius 1 is 1.33 bits per heavy atom. The first kappa shape index (κ1) is 16.6. The zero-order valence-corrected chi connectivity index (χ0v) is 14.4. The second kappa shape index (κ2) is 7.11. The normalized spacial score (nSPS) is 12.4. The Bertz CT molecular complexity index is 1000. The molecule has 1 amide bonds. The first-order chi connectivity index (χ1) is 11.6. The summed E-state index contributed by atoms with van der Waals surface area (Å²) in [6, 6.07) is 11.8. The van der Waals surface area contributed by atoms with Crippen LogP contribution in [0.15, 0.2) is 53.5 Å². The van der Waals surface area contributed by atoms with Gasteiger partial charge in [0, 0.05) is 17.6 Å². The number of carbonyl (C=O) groups excluding carboxylic acids is 1. The number of fused-ring (bicyclic) bond motifs is 1. The summed E-state index contributed by atoms with van der Waals surface area (Å²) >= 11 is 7.34. The van der Waals surface area contributed by atoms with Gasteiger partial charge in [-0.25, -0.2) is 4.39 Å². The number of halogens is 2. The summed E-state index contributed by atoms with van der Waals surface area (Å²) in [6.45, 7) is 2.60. The maximum atomic E-state index is 13.4. The van der Waals surface area contributed by atoms with Crippen molar-refractivity contribution in [2.24, 2.45) is 4.99 Å². The van der Waals surface area contributed by atoms with Crippen molar-refractivity contribution in [3.8, 4) is 0 Å². The molecule has 6 heteroatoms. The number of aromatic nitrogens is 1. The molecule has 0 N–H and O–H groups in total. The fourth-order valence-corrected chi connectivity index (χ4v) is 3.66. The Morgan fingerprint density at radius 3 is 2.88 bits per heavy atom. The van der Waals surface area contributed by atoms with Crippen molar-refractivity contribution in [1.82, 2.24) is 4.57 Å². The summed E-state index contributed by atoms with van der Waals surface area (Å²) in [5.74, 6) is -0.687. The van der Waals surface area contributed by atoms with Gasteiger partial charge in [-0.1, -0.05) is 41.1 Å². The molecule has 0 unspecified atom stereocenters. The minimum atomic E-state index is -0.385. The predicted molar refractivity (Wildman–Crippen MR) is 96.5 cm³/mol. The van der Waals surface area contributed by atoms with Crippen molar-refractivity contribution in [1.29, 1.82) is 0 Å². The number of carbonyl (C=O) groups is 1. The number of thiazole rings is 1. The zero-order valence-electron chi connectivity index (χ0n) is 12.9. The van der Waals surface area contributed by atoms with E-state index in [1.165, 1.54) is 29.5 Å². The fraction of sp³-hybridized carbons (Fsp3) is 0.111. The maximum absolute atomic E-state index is 13.4. The van der Waals surface area contributed by atoms with Crippen molar-refractivity contribution in [2.75, 3.05) is 0 Å². The van der Waals surface area contributed by atoms with Crippen molar-refractivity contribution >= 4 is 45.1 Å². The molecule has 2 aromatic carbocycles. The van der Waals surface area contributed by atoms with E-state index in [0.717, 1.165) is 15.8 Å². The number of amides is 1. The van der Waals surface area contributed by atoms with Gasteiger partial charge in [-0.2, -0.15) is 4.99 Å². The summed E-state index contributed by atoms with van der Waals surface area (Å²) in [7, 11) is 0. The number of benzene rings is 2. The van der Waals surface area contributed by atoms with Gasteiger partial charge in [-0.05, 0) is 42.8 Å². The Morgan fingerprint density at radius 2 is 2.12 bits per heavy atom. The van der Waals surface area contributed by atoms with Crippen LogP contribution in [0.2, 0.25) is 5.02 Å². The number of rotatable bonds is 3. The molecule has 0 atom stereocenters. The largest absolute Gasteiger partial charge is 0.317 e. The van der Waals surface area contributed by atoms with Gasteiger partial charge in [-0.15, -0.1) is 0 Å². The number of hydrogen-bond donors (Lipinski definition) is 0. The van der Waals surface area contributed by atoms with Gasteiger partial charge in [0.25, 0.3) is 5.91 Å². The minimum Gasteiger partial charge on any atom is -0.317 e. The molecule has 0 aliphatic carbocycles. The smallest absolute Gasteiger partial charge is 0.272 e. The monoisotopic (exact) mass is 360 g/mol. The third-order valence-electron chi connectivity index (χ3n) is 3.48. The Kier molecular flexibility index (Phi) is 4.92. The average Bonchev–Trinajstić information content (AvgIpc) is 2.90. The molecule has 122 valence electrons. The van der Waals surface area contributed by atoms with E-state index < -0.39 is 0 Å². The second-order valence-corrected chi connectivity index (χ2v) is 6.46. The number of nitrogens with zero attached hydrogens (tertiary/aromatic N) is 2. The van der Waals surface area contributed by atoms with Gasteiger partial charge in [0.2, 0.25) is 0 Å². The summed E-state index contributed by atoms with van der Waals surface area (Å²) in [5, 5.41) is 0.572. The third-order valence-corrected chi connectivity index (χ3v) is 4.86. The molecule has 1 aromatic heterocycles. The first-order valence-electron chi connectivity index (χ1n) is 7.38. The van der Waals surface area contributed by atoms with Crippen LogP contribution in [0.25, 0.3) is 16.3 Å². The summed E-state index contributed by atoms with van der Waals surface area (Å²) in [6.07, 6.45) is 3.02. The van der Waals surface area contributed by atoms with Gasteiger partial charge < -0.3 is 4.57 Å². The average molecular weight is 361 g/mol. The van der Waals surface area contributed by atoms with Crippen LogP contribution in [0.3, 0.4) is 0 Å². The Labute approximate surface area is 147 Å². The molecule has 0 radical (unpaired) electrons. The highest BCUT2D eigenvalue weighted by Crippen LogP contribution is 2.19. The Hall–Kier alpha value is -2.24. The standard InChI is InChI=1S/C18H14ClFN2OS/c1-2-22-15-9-8-13(20)11-16(15)24-18(22)21-17(23)10-7-12-5-3-4-6-14(12)19/h3-11H,2H2,1H3. The molecular weight excluding hydrogens is 347 g/mol. The van der Waals surface area contributed by atoms with E-state index in [0.29, 0.717) is 16.4 Å². The van der Waals surface area contributed by atoms with Crippen LogP contribution in [0.4, 0.5) is 4.39 Å². The highest BCUT2D eigenvalue weighted by atomic mass is 35.5. The lowest BCUT2D eigenvalue weighted by Crippen LogP contribution is -2.15. The van der Waals surface area contributed by atoms with Gasteiger partial charge >= 0.3 is 0 Å². The quantitative estimate of drug-likeness (QED) is 0.626. The van der Waals surface area contributed by atoms with Crippen LogP contribution < -0.4 is 4.80 Å². The molecular formula is C18H14ClFN2OS. The molecule has 0 saturated carbocycles. The van der Waals surface area contributed by atoms with E-state index in [1.807, 2.05) is 29.7 Å². The molecule has 0 aliphatic rings. The van der Waals surface area contributed by atoms with Crippen molar-refractivity contribution < 1.29 is 9.18 Å². The molecule has 24 heavy (non-hydrogen) atoms. The minimum absolute atomic E-state index is 0.302. The van der Waals surface area contributed by atoms with Gasteiger partial charge in [-0.3, -0.25) is 4.79 Å². The van der Waals surface area contributed by atoms with E-state index in [-0.39, 0.29) is 11.7 Å². The van der Waals surface area contributed by atoms with Crippen LogP contribution in [-0.2, 0) is 11.3 Å². The van der Waals surface area contributed by atoms with Crippen molar-refractivity contribution in [3.63, 3.8) is 0 Å². The molecule has 3 aromatic rings. The van der Waals surface area contributed by atoms with Crippen molar-refractivity contribution in [2.45, 2.75) is 13.5 Å². The second-order valence-electron chi connectivity index (χ2n) is 5.05. The molecule has 0 fully saturated rings. The summed E-state index contributed by atoms with van der Waals surface area (Å²) < 4.78 is 16.0. The lowest BCUT2D eigenvalue weighted by molar-refractivity contribution is -0.113. The lowest BCUT2D eigenvalue weighted by Gasteiger charge is -1.99. The van der Waals surface area contributed by atoms with Gasteiger partial charge in [0.1, 0.15) is 5.82 Å². The lowest BCUT2D eigenvalue weighted by atomic mass is 10.2. The zero-order chi connectivity index (χ0) is 17.1. The van der Waals surface area contributed by atoms with Gasteiger partial charge in [0.15, 0.2) is 4.80 Å². The van der Waals surface area contributed by atoms with E-state index in [9.17, 15) is 9.18 Å². The number of aryl methyl sites for hydroxylation is 1. The maximum Gasteiger partial charge on any atom is 0.272 e.